The van der Waals surface area contributed by atoms with Gasteiger partial charge in [0, 0.05) is 16.3 Å². The van der Waals surface area contributed by atoms with Crippen LogP contribution in [0.15, 0.2) is 52.4 Å². The van der Waals surface area contributed by atoms with Gasteiger partial charge >= 0.3 is 0 Å². The van der Waals surface area contributed by atoms with E-state index >= 15 is 0 Å². The van der Waals surface area contributed by atoms with Gasteiger partial charge in [-0.05, 0) is 24.3 Å². The van der Waals surface area contributed by atoms with Crippen molar-refractivity contribution >= 4 is 34.3 Å². The fourth-order valence-corrected chi connectivity index (χ4v) is 3.30. The highest BCUT2D eigenvalue weighted by Gasteiger charge is 2.12. The summed E-state index contributed by atoms with van der Waals surface area (Å²) in [6.07, 6.45) is 0. The molecule has 0 aliphatic carbocycles. The molecule has 0 bridgehead atoms. The molecule has 3 rings (SSSR count). The summed E-state index contributed by atoms with van der Waals surface area (Å²) in [7, 11) is 0. The Labute approximate surface area is 134 Å². The van der Waals surface area contributed by atoms with Crippen LogP contribution in [-0.2, 0) is 5.75 Å². The topological polar surface area (TPSA) is 60.9 Å². The van der Waals surface area contributed by atoms with Crippen LogP contribution < -0.4 is 11.4 Å². The molecule has 0 radical (unpaired) electrons. The first-order valence-electron chi connectivity index (χ1n) is 6.40. The minimum Gasteiger partial charge on any atom is -0.334 e. The number of hydrogen-bond acceptors (Lipinski definition) is 4. The molecule has 112 valence electrons. The molecule has 0 unspecified atom stereocenters. The van der Waals surface area contributed by atoms with E-state index in [9.17, 15) is 9.18 Å². The van der Waals surface area contributed by atoms with Crippen molar-refractivity contribution in [2.75, 3.05) is 5.84 Å². The highest BCUT2D eigenvalue weighted by molar-refractivity contribution is 7.98. The second kappa shape index (κ2) is 5.98. The fourth-order valence-electron chi connectivity index (χ4n) is 2.03. The number of benzene rings is 2. The number of nitrogens with two attached hydrogens (primary N) is 1. The van der Waals surface area contributed by atoms with Crippen molar-refractivity contribution < 1.29 is 4.39 Å². The zero-order chi connectivity index (χ0) is 15.7. The Morgan fingerprint density at radius 2 is 2.00 bits per heavy atom. The quantitative estimate of drug-likeness (QED) is 0.453. The third-order valence-corrected chi connectivity index (χ3v) is 4.52. The lowest BCUT2D eigenvalue weighted by atomic mass is 10.2. The maximum atomic E-state index is 13.8. The first-order valence-corrected chi connectivity index (χ1v) is 7.77. The van der Waals surface area contributed by atoms with E-state index in [1.165, 1.54) is 6.07 Å². The SMILES string of the molecule is Nn1c(SCc2c(F)cccc2Cl)nc2ccccc2c1=O. The summed E-state index contributed by atoms with van der Waals surface area (Å²) in [6, 6.07) is 11.4. The number of fused-ring (bicyclic) bond motifs is 1. The van der Waals surface area contributed by atoms with Crippen molar-refractivity contribution in [1.82, 2.24) is 9.66 Å². The number of para-hydroxylation sites is 1. The van der Waals surface area contributed by atoms with Crippen molar-refractivity contribution in [3.8, 4) is 0 Å². The molecule has 0 saturated heterocycles. The van der Waals surface area contributed by atoms with E-state index in [-0.39, 0.29) is 11.3 Å². The first kappa shape index (κ1) is 14.9. The third-order valence-electron chi connectivity index (χ3n) is 3.18. The second-order valence-electron chi connectivity index (χ2n) is 4.58. The number of hydrogen-bond donors (Lipinski definition) is 1. The van der Waals surface area contributed by atoms with Crippen LogP contribution in [0.3, 0.4) is 0 Å². The van der Waals surface area contributed by atoms with Gasteiger partial charge in [0.1, 0.15) is 5.82 Å². The molecule has 0 atom stereocenters. The van der Waals surface area contributed by atoms with Crippen molar-refractivity contribution in [2.24, 2.45) is 0 Å². The van der Waals surface area contributed by atoms with Crippen molar-refractivity contribution in [2.45, 2.75) is 10.9 Å². The summed E-state index contributed by atoms with van der Waals surface area (Å²) < 4.78 is 14.7. The van der Waals surface area contributed by atoms with Crippen LogP contribution in [0.5, 0.6) is 0 Å². The Hall–Kier alpha value is -2.05. The van der Waals surface area contributed by atoms with Gasteiger partial charge in [0.2, 0.25) is 0 Å². The Morgan fingerprint density at radius 1 is 1.23 bits per heavy atom. The summed E-state index contributed by atoms with van der Waals surface area (Å²) in [5.41, 5.74) is 0.570. The van der Waals surface area contributed by atoms with Crippen LogP contribution in [0, 0.1) is 5.82 Å². The number of aromatic nitrogens is 2. The lowest BCUT2D eigenvalue weighted by Crippen LogP contribution is -2.29. The highest BCUT2D eigenvalue weighted by atomic mass is 35.5. The van der Waals surface area contributed by atoms with Gasteiger partial charge in [-0.1, -0.05) is 41.6 Å². The van der Waals surface area contributed by atoms with E-state index in [2.05, 4.69) is 4.98 Å². The van der Waals surface area contributed by atoms with Gasteiger partial charge in [-0.25, -0.2) is 14.1 Å². The molecule has 0 aliphatic rings. The second-order valence-corrected chi connectivity index (χ2v) is 5.93. The van der Waals surface area contributed by atoms with Gasteiger partial charge in [0.15, 0.2) is 5.16 Å². The number of halogens is 2. The van der Waals surface area contributed by atoms with E-state index in [1.54, 1.807) is 36.4 Å². The van der Waals surface area contributed by atoms with Gasteiger partial charge in [-0.3, -0.25) is 4.79 Å². The Morgan fingerprint density at radius 3 is 2.77 bits per heavy atom. The monoisotopic (exact) mass is 335 g/mol. The van der Waals surface area contributed by atoms with E-state index in [0.717, 1.165) is 16.4 Å². The van der Waals surface area contributed by atoms with Gasteiger partial charge < -0.3 is 5.84 Å². The molecule has 0 spiro atoms. The molecule has 1 aromatic heterocycles. The van der Waals surface area contributed by atoms with Crippen LogP contribution in [0.1, 0.15) is 5.56 Å². The molecule has 7 heteroatoms. The maximum Gasteiger partial charge on any atom is 0.280 e. The van der Waals surface area contributed by atoms with Crippen molar-refractivity contribution in [1.29, 1.82) is 0 Å². The normalized spacial score (nSPS) is 11.0. The van der Waals surface area contributed by atoms with Gasteiger partial charge in [0.05, 0.1) is 10.9 Å². The molecule has 0 amide bonds. The van der Waals surface area contributed by atoms with Crippen molar-refractivity contribution in [3.63, 3.8) is 0 Å². The Kier molecular flexibility index (Phi) is 4.04. The fraction of sp³-hybridized carbons (Fsp3) is 0.0667. The number of nitrogens with zero attached hydrogens (tertiary/aromatic N) is 2. The van der Waals surface area contributed by atoms with E-state index in [0.29, 0.717) is 26.6 Å². The predicted molar refractivity (Wildman–Crippen MR) is 87.1 cm³/mol. The molecule has 0 saturated carbocycles. The average molecular weight is 336 g/mol. The van der Waals surface area contributed by atoms with Gasteiger partial charge in [-0.15, -0.1) is 0 Å². The van der Waals surface area contributed by atoms with Gasteiger partial charge in [-0.2, -0.15) is 0 Å². The van der Waals surface area contributed by atoms with Crippen LogP contribution >= 0.6 is 23.4 Å². The predicted octanol–water partition coefficient (Wildman–Crippen LogP) is 3.20. The van der Waals surface area contributed by atoms with E-state index < -0.39 is 5.82 Å². The molecular formula is C15H11ClFN3OS. The maximum absolute atomic E-state index is 13.8. The smallest absolute Gasteiger partial charge is 0.280 e. The summed E-state index contributed by atoms with van der Waals surface area (Å²) in [6.45, 7) is 0. The van der Waals surface area contributed by atoms with E-state index in [4.69, 9.17) is 17.4 Å². The molecule has 0 aliphatic heterocycles. The molecule has 3 aromatic rings. The molecule has 2 aromatic carbocycles. The summed E-state index contributed by atoms with van der Waals surface area (Å²) in [5, 5.41) is 1.08. The Bertz CT molecular complexity index is 893. The third kappa shape index (κ3) is 2.67. The molecule has 4 nitrogen and oxygen atoms in total. The molecular weight excluding hydrogens is 325 g/mol. The van der Waals surface area contributed by atoms with Crippen LogP contribution in [-0.4, -0.2) is 9.66 Å². The lowest BCUT2D eigenvalue weighted by molar-refractivity contribution is 0.617. The van der Waals surface area contributed by atoms with Crippen LogP contribution in [0.2, 0.25) is 5.02 Å². The molecule has 0 fully saturated rings. The first-order chi connectivity index (χ1) is 10.6. The highest BCUT2D eigenvalue weighted by Crippen LogP contribution is 2.27. The zero-order valence-electron chi connectivity index (χ0n) is 11.3. The summed E-state index contributed by atoms with van der Waals surface area (Å²) >= 11 is 7.15. The zero-order valence-corrected chi connectivity index (χ0v) is 12.9. The molecule has 1 heterocycles. The van der Waals surface area contributed by atoms with Crippen molar-refractivity contribution in [3.05, 3.63) is 69.2 Å². The minimum atomic E-state index is -0.397. The molecule has 2 N–H and O–H groups in total. The van der Waals surface area contributed by atoms with E-state index in [1.807, 2.05) is 0 Å². The average Bonchev–Trinajstić information content (AvgIpc) is 2.51. The summed E-state index contributed by atoms with van der Waals surface area (Å²) in [4.78, 5) is 16.5. The van der Waals surface area contributed by atoms with Gasteiger partial charge in [0.25, 0.3) is 5.56 Å². The minimum absolute atomic E-state index is 0.230. The largest absolute Gasteiger partial charge is 0.334 e. The number of nitrogen functional groups attached to an aromatic ring is 1. The lowest BCUT2D eigenvalue weighted by Gasteiger charge is -2.09. The number of rotatable bonds is 3. The standard InChI is InChI=1S/C15H11ClFN3OS/c16-11-5-3-6-12(17)10(11)8-22-15-19-13-7-2-1-4-9(13)14(21)20(15)18/h1-7H,8,18H2. The molecule has 22 heavy (non-hydrogen) atoms. The van der Waals surface area contributed by atoms with Crippen LogP contribution in [0.25, 0.3) is 10.9 Å². The van der Waals surface area contributed by atoms with Crippen LogP contribution in [0.4, 0.5) is 4.39 Å². The summed E-state index contributed by atoms with van der Waals surface area (Å²) in [5.74, 6) is 5.62. The number of thioether (sulfide) groups is 1. The Balaban J connectivity index is 1.98.